The monoisotopic (exact) mass is 619 g/mol. The van der Waals surface area contributed by atoms with Crippen molar-refractivity contribution in [3.63, 3.8) is 0 Å². The molecule has 0 unspecified atom stereocenters. The Bertz CT molecular complexity index is 1410. The highest BCUT2D eigenvalue weighted by atomic mass is 79.9. The molecule has 9 nitrogen and oxygen atoms in total. The molecule has 2 N–H and O–H groups in total. The summed E-state index contributed by atoms with van der Waals surface area (Å²) in [5.41, 5.74) is 1.25. The molecule has 0 atom stereocenters. The number of carboxylic acid groups (broad SMARTS) is 1. The molecule has 0 radical (unpaired) electrons. The summed E-state index contributed by atoms with van der Waals surface area (Å²) in [7, 11) is 0. The number of benzene rings is 1. The Hall–Kier alpha value is -3.25. The van der Waals surface area contributed by atoms with Crippen molar-refractivity contribution in [3.05, 3.63) is 51.9 Å². The number of nitrogens with one attached hydrogen (secondary N) is 1. The van der Waals surface area contributed by atoms with Crippen molar-refractivity contribution in [2.24, 2.45) is 5.92 Å². The number of rotatable bonds is 7. The minimum atomic E-state index is -2.99. The van der Waals surface area contributed by atoms with Crippen molar-refractivity contribution in [1.29, 1.82) is 0 Å². The number of amides is 1. The molecule has 1 saturated carbocycles. The number of ether oxygens (including phenoxy) is 1. The van der Waals surface area contributed by atoms with E-state index in [2.05, 4.69) is 36.2 Å². The quantitative estimate of drug-likeness (QED) is 0.295. The summed E-state index contributed by atoms with van der Waals surface area (Å²) in [5, 5.41) is 12.6. The SMILES string of the molecule is Cc1c(Br)cccc1N(C(=O)OC(C)(C)C)c1nc(C(F)F)nc2cc(CNC3CCC(C(=O)O)CC3)cnc12. The van der Waals surface area contributed by atoms with Crippen LogP contribution in [0, 0.1) is 12.8 Å². The van der Waals surface area contributed by atoms with Gasteiger partial charge in [0.05, 0.1) is 17.1 Å². The van der Waals surface area contributed by atoms with Gasteiger partial charge in [0.15, 0.2) is 11.6 Å². The lowest BCUT2D eigenvalue weighted by molar-refractivity contribution is -0.142. The molecule has 2 aromatic heterocycles. The third-order valence-corrected chi connectivity index (χ3v) is 7.58. The first kappa shape index (κ1) is 29.7. The average Bonchev–Trinajstić information content (AvgIpc) is 2.88. The minimum Gasteiger partial charge on any atom is -0.481 e. The number of aromatic nitrogens is 3. The molecule has 1 fully saturated rings. The molecule has 1 aliphatic carbocycles. The fourth-order valence-electron chi connectivity index (χ4n) is 4.66. The van der Waals surface area contributed by atoms with E-state index in [9.17, 15) is 23.5 Å². The van der Waals surface area contributed by atoms with Gasteiger partial charge in [-0.3, -0.25) is 9.78 Å². The second-order valence-electron chi connectivity index (χ2n) is 10.9. The maximum Gasteiger partial charge on any atom is 0.420 e. The summed E-state index contributed by atoms with van der Waals surface area (Å²) < 4.78 is 34.4. The Balaban J connectivity index is 1.73. The van der Waals surface area contributed by atoms with Gasteiger partial charge in [0.25, 0.3) is 6.43 Å². The van der Waals surface area contributed by atoms with Gasteiger partial charge in [0.1, 0.15) is 11.1 Å². The molecule has 1 amide bonds. The molecule has 12 heteroatoms. The number of fused-ring (bicyclic) bond motifs is 1. The van der Waals surface area contributed by atoms with E-state index in [0.29, 0.717) is 40.7 Å². The number of carbonyl (C=O) groups excluding carboxylic acids is 1. The van der Waals surface area contributed by atoms with Crippen LogP contribution in [-0.4, -0.2) is 43.8 Å². The first-order chi connectivity index (χ1) is 18.8. The fourth-order valence-corrected chi connectivity index (χ4v) is 5.02. The van der Waals surface area contributed by atoms with Gasteiger partial charge in [0.2, 0.25) is 0 Å². The summed E-state index contributed by atoms with van der Waals surface area (Å²) in [6.45, 7) is 7.33. The number of pyridine rings is 1. The van der Waals surface area contributed by atoms with Crippen LogP contribution in [0.2, 0.25) is 0 Å². The topological polar surface area (TPSA) is 118 Å². The van der Waals surface area contributed by atoms with Gasteiger partial charge >= 0.3 is 12.1 Å². The van der Waals surface area contributed by atoms with Crippen LogP contribution in [0.3, 0.4) is 0 Å². The average molecular weight is 620 g/mol. The van der Waals surface area contributed by atoms with Gasteiger partial charge in [-0.05, 0) is 82.7 Å². The Morgan fingerprint density at radius 3 is 2.52 bits per heavy atom. The zero-order valence-corrected chi connectivity index (χ0v) is 24.3. The number of anilines is 2. The fraction of sp³-hybridized carbons (Fsp3) is 0.464. The molecular weight excluding hydrogens is 588 g/mol. The lowest BCUT2D eigenvalue weighted by Crippen LogP contribution is -2.35. The van der Waals surface area contributed by atoms with Gasteiger partial charge in [-0.15, -0.1) is 0 Å². The molecule has 4 rings (SSSR count). The summed E-state index contributed by atoms with van der Waals surface area (Å²) in [6.07, 6.45) is 0.484. The van der Waals surface area contributed by atoms with Crippen molar-refractivity contribution in [2.45, 2.75) is 78.0 Å². The third kappa shape index (κ3) is 6.90. The number of carbonyl (C=O) groups is 2. The van der Waals surface area contributed by atoms with Crippen LogP contribution in [0.4, 0.5) is 25.1 Å². The van der Waals surface area contributed by atoms with Crippen molar-refractivity contribution >= 4 is 50.5 Å². The van der Waals surface area contributed by atoms with Gasteiger partial charge in [-0.25, -0.2) is 28.4 Å². The first-order valence-corrected chi connectivity index (χ1v) is 13.8. The van der Waals surface area contributed by atoms with Gasteiger partial charge < -0.3 is 15.2 Å². The van der Waals surface area contributed by atoms with Crippen molar-refractivity contribution in [2.75, 3.05) is 4.90 Å². The van der Waals surface area contributed by atoms with Gasteiger partial charge in [-0.1, -0.05) is 22.0 Å². The van der Waals surface area contributed by atoms with E-state index in [1.807, 2.05) is 0 Å². The third-order valence-electron chi connectivity index (χ3n) is 6.73. The Morgan fingerprint density at radius 1 is 1.20 bits per heavy atom. The highest BCUT2D eigenvalue weighted by Crippen LogP contribution is 2.36. The van der Waals surface area contributed by atoms with Crippen molar-refractivity contribution in [3.8, 4) is 0 Å². The predicted octanol–water partition coefficient (Wildman–Crippen LogP) is 6.84. The van der Waals surface area contributed by atoms with E-state index in [-0.39, 0.29) is 28.8 Å². The lowest BCUT2D eigenvalue weighted by atomic mass is 9.86. The van der Waals surface area contributed by atoms with Crippen LogP contribution < -0.4 is 10.2 Å². The molecule has 2 heterocycles. The lowest BCUT2D eigenvalue weighted by Gasteiger charge is -2.28. The molecule has 3 aromatic rings. The zero-order chi connectivity index (χ0) is 29.2. The van der Waals surface area contributed by atoms with Crippen molar-refractivity contribution in [1.82, 2.24) is 20.3 Å². The van der Waals surface area contributed by atoms with E-state index in [1.165, 1.54) is 0 Å². The van der Waals surface area contributed by atoms with Crippen LogP contribution >= 0.6 is 15.9 Å². The van der Waals surface area contributed by atoms with E-state index in [0.717, 1.165) is 17.7 Å². The number of aliphatic carboxylic acids is 1. The summed E-state index contributed by atoms with van der Waals surface area (Å²) >= 11 is 3.47. The molecule has 1 aromatic carbocycles. The molecule has 1 aliphatic rings. The standard InChI is InChI=1S/C28H32BrF2N5O4/c1-15-19(29)6-5-7-21(15)36(27(39)40-28(2,3)4)25-22-20(34-24(35-25)23(30)31)12-16(14-33-22)13-32-18-10-8-17(9-11-18)26(37)38/h5-7,12,14,17-18,23,32H,8-11,13H2,1-4H3,(H,37,38). The van der Waals surface area contributed by atoms with Crippen LogP contribution in [0.15, 0.2) is 34.9 Å². The number of carboxylic acids is 1. The summed E-state index contributed by atoms with van der Waals surface area (Å²) in [6, 6.07) is 7.00. The van der Waals surface area contributed by atoms with E-state index in [1.54, 1.807) is 58.2 Å². The van der Waals surface area contributed by atoms with Gasteiger partial charge in [0, 0.05) is 23.3 Å². The largest absolute Gasteiger partial charge is 0.481 e. The number of halogens is 3. The number of hydrogen-bond donors (Lipinski definition) is 2. The normalized spacial score (nSPS) is 17.7. The molecule has 40 heavy (non-hydrogen) atoms. The predicted molar refractivity (Wildman–Crippen MR) is 150 cm³/mol. The second kappa shape index (κ2) is 12.1. The van der Waals surface area contributed by atoms with Crippen LogP contribution in [0.1, 0.15) is 69.8 Å². The summed E-state index contributed by atoms with van der Waals surface area (Å²) in [5.74, 6) is -1.92. The zero-order valence-electron chi connectivity index (χ0n) is 22.7. The number of hydrogen-bond acceptors (Lipinski definition) is 7. The van der Waals surface area contributed by atoms with Crippen LogP contribution in [-0.2, 0) is 16.1 Å². The minimum absolute atomic E-state index is 0.109. The van der Waals surface area contributed by atoms with Crippen molar-refractivity contribution < 1.29 is 28.2 Å². The molecule has 0 spiro atoms. The van der Waals surface area contributed by atoms with E-state index >= 15 is 0 Å². The molecule has 0 saturated heterocycles. The highest BCUT2D eigenvalue weighted by molar-refractivity contribution is 9.10. The van der Waals surface area contributed by atoms with Crippen LogP contribution in [0.25, 0.3) is 11.0 Å². The van der Waals surface area contributed by atoms with E-state index < -0.39 is 29.9 Å². The molecule has 214 valence electrons. The molecular formula is C28H32BrF2N5O4. The van der Waals surface area contributed by atoms with Gasteiger partial charge in [-0.2, -0.15) is 0 Å². The number of alkyl halides is 2. The Kier molecular flexibility index (Phi) is 8.99. The maximum absolute atomic E-state index is 14.0. The highest BCUT2D eigenvalue weighted by Gasteiger charge is 2.31. The smallest absolute Gasteiger partial charge is 0.420 e. The molecule has 0 aliphatic heterocycles. The van der Waals surface area contributed by atoms with E-state index in [4.69, 9.17) is 4.74 Å². The number of nitrogens with zero attached hydrogens (tertiary/aromatic N) is 4. The Labute approximate surface area is 239 Å². The first-order valence-electron chi connectivity index (χ1n) is 13.0. The second-order valence-corrected chi connectivity index (χ2v) is 11.7. The van der Waals surface area contributed by atoms with Crippen LogP contribution in [0.5, 0.6) is 0 Å². The Morgan fingerprint density at radius 2 is 1.90 bits per heavy atom. The maximum atomic E-state index is 14.0. The molecule has 0 bridgehead atoms. The summed E-state index contributed by atoms with van der Waals surface area (Å²) in [4.78, 5) is 38.6.